The van der Waals surface area contributed by atoms with Crippen molar-refractivity contribution in [1.82, 2.24) is 15.2 Å². The third kappa shape index (κ3) is 10.1. The molecule has 256 valence electrons. The number of carbonyl (C=O) groups is 2. The number of anilines is 2. The molecule has 2 aromatic carbocycles. The van der Waals surface area contributed by atoms with Gasteiger partial charge in [-0.25, -0.2) is 13.8 Å². The van der Waals surface area contributed by atoms with Crippen molar-refractivity contribution >= 4 is 24.2 Å². The van der Waals surface area contributed by atoms with Gasteiger partial charge in [0.1, 0.15) is 47.3 Å². The van der Waals surface area contributed by atoms with Crippen LogP contribution < -0.4 is 24.6 Å². The summed E-state index contributed by atoms with van der Waals surface area (Å²) in [5, 5.41) is 2.75. The number of aromatic nitrogens is 1. The van der Waals surface area contributed by atoms with E-state index in [0.29, 0.717) is 30.2 Å². The average molecular weight is 662 g/mol. The molecule has 5 rings (SSSR count). The number of carbonyl (C=O) groups excluding carboxylic acids is 2. The minimum absolute atomic E-state index is 0.00535. The fourth-order valence-corrected chi connectivity index (χ4v) is 5.74. The van der Waals surface area contributed by atoms with Gasteiger partial charge in [-0.1, -0.05) is 0 Å². The zero-order valence-corrected chi connectivity index (χ0v) is 27.6. The largest absolute Gasteiger partial charge is 0.497 e. The highest BCUT2D eigenvalue weighted by Crippen LogP contribution is 2.35. The molecule has 2 bridgehead atoms. The molecule has 0 saturated carbocycles. The highest BCUT2D eigenvalue weighted by molar-refractivity contribution is 5.74. The Morgan fingerprint density at radius 1 is 1.02 bits per heavy atom. The predicted octanol–water partition coefficient (Wildman–Crippen LogP) is 5.31. The lowest BCUT2D eigenvalue weighted by Gasteiger charge is -2.33. The Bertz CT molecular complexity index is 1440. The van der Waals surface area contributed by atoms with E-state index in [1.54, 1.807) is 0 Å². The Hall–Kier alpha value is -4.23. The maximum atomic E-state index is 14.7. The molecule has 3 heterocycles. The lowest BCUT2D eigenvalue weighted by atomic mass is 9.94. The van der Waals surface area contributed by atoms with Crippen molar-refractivity contribution in [2.24, 2.45) is 0 Å². The Labute approximate surface area is 273 Å². The van der Waals surface area contributed by atoms with E-state index in [1.165, 1.54) is 31.4 Å². The van der Waals surface area contributed by atoms with Crippen molar-refractivity contribution in [3.8, 4) is 11.5 Å². The number of halogens is 4. The second kappa shape index (κ2) is 17.6. The molecule has 9 nitrogen and oxygen atoms in total. The number of nitrogens with one attached hydrogen (secondary N) is 1. The molecule has 13 heteroatoms. The summed E-state index contributed by atoms with van der Waals surface area (Å²) in [5.41, 5.74) is 1.40. The lowest BCUT2D eigenvalue weighted by molar-refractivity contribution is -0.108. The van der Waals surface area contributed by atoms with Crippen LogP contribution in [-0.2, 0) is 4.79 Å². The Morgan fingerprint density at radius 2 is 1.66 bits per heavy atom. The van der Waals surface area contributed by atoms with Crippen LogP contribution in [-0.4, -0.2) is 96.1 Å². The van der Waals surface area contributed by atoms with Crippen LogP contribution in [0.3, 0.4) is 0 Å². The summed E-state index contributed by atoms with van der Waals surface area (Å²) in [7, 11) is 9.11. The van der Waals surface area contributed by atoms with E-state index in [9.17, 15) is 27.2 Å². The van der Waals surface area contributed by atoms with E-state index in [-0.39, 0.29) is 30.0 Å². The summed E-state index contributed by atoms with van der Waals surface area (Å²) in [5.74, 6) is -0.254. The number of hydrogen-bond donors (Lipinski definition) is 1. The zero-order valence-electron chi connectivity index (χ0n) is 27.6. The normalized spacial score (nSPS) is 17.3. The second-order valence-electron chi connectivity index (χ2n) is 11.5. The van der Waals surface area contributed by atoms with Crippen LogP contribution in [0, 0.1) is 18.6 Å². The van der Waals surface area contributed by atoms with Crippen LogP contribution >= 0.6 is 0 Å². The number of likely N-dealkylation sites (N-methyl/N-ethyl adjacent to an activating group) is 2. The van der Waals surface area contributed by atoms with Gasteiger partial charge < -0.3 is 29.4 Å². The first kappa shape index (κ1) is 37.2. The number of fused-ring (bicyclic) bond motifs is 2. The number of ether oxygens (including phenoxy) is 2. The van der Waals surface area contributed by atoms with Crippen LogP contribution in [0.25, 0.3) is 0 Å². The van der Waals surface area contributed by atoms with Gasteiger partial charge >= 0.3 is 6.61 Å². The van der Waals surface area contributed by atoms with Gasteiger partial charge in [0.15, 0.2) is 0 Å². The minimum Gasteiger partial charge on any atom is -0.497 e. The van der Waals surface area contributed by atoms with Gasteiger partial charge in [-0.05, 0) is 76.4 Å². The fourth-order valence-electron chi connectivity index (χ4n) is 5.74. The van der Waals surface area contributed by atoms with Crippen molar-refractivity contribution < 1.29 is 36.6 Å². The van der Waals surface area contributed by atoms with E-state index >= 15 is 0 Å². The number of hydrogen-bond acceptors (Lipinski definition) is 9. The summed E-state index contributed by atoms with van der Waals surface area (Å²) in [6.45, 7) is 1.44. The summed E-state index contributed by atoms with van der Waals surface area (Å²) in [6.07, 6.45) is 2.49. The van der Waals surface area contributed by atoms with E-state index < -0.39 is 24.2 Å². The number of alkyl halides is 2. The third-order valence-electron chi connectivity index (χ3n) is 7.96. The first-order valence-electron chi connectivity index (χ1n) is 15.2. The molecular formula is C34H43F4N5O4. The second-order valence-corrected chi connectivity index (χ2v) is 11.5. The van der Waals surface area contributed by atoms with Crippen LogP contribution in [0.4, 0.5) is 29.2 Å². The Balaban J connectivity index is 0.000000333. The maximum Gasteiger partial charge on any atom is 0.387 e. The molecule has 2 fully saturated rings. The van der Waals surface area contributed by atoms with Gasteiger partial charge in [0.05, 0.1) is 7.11 Å². The van der Waals surface area contributed by atoms with E-state index in [0.717, 1.165) is 48.8 Å². The molecule has 0 aliphatic carbocycles. The smallest absolute Gasteiger partial charge is 0.387 e. The Kier molecular flexibility index (Phi) is 14.0. The maximum absolute atomic E-state index is 14.7. The number of piperazine rings is 1. The van der Waals surface area contributed by atoms with E-state index in [4.69, 9.17) is 9.72 Å². The first-order chi connectivity index (χ1) is 22.4. The number of nitrogens with zero attached hydrogens (tertiary/aromatic N) is 4. The van der Waals surface area contributed by atoms with Crippen LogP contribution in [0.2, 0.25) is 0 Å². The highest BCUT2D eigenvalue weighted by Gasteiger charge is 2.42. The number of rotatable bonds is 11. The summed E-state index contributed by atoms with van der Waals surface area (Å²) in [4.78, 5) is 33.0. The van der Waals surface area contributed by atoms with E-state index in [1.807, 2.05) is 39.0 Å². The monoisotopic (exact) mass is 661 g/mol. The van der Waals surface area contributed by atoms with Gasteiger partial charge in [-0.2, -0.15) is 8.78 Å². The minimum atomic E-state index is -2.83. The zero-order chi connectivity index (χ0) is 34.7. The van der Waals surface area contributed by atoms with Crippen LogP contribution in [0.5, 0.6) is 11.5 Å². The van der Waals surface area contributed by atoms with Crippen molar-refractivity contribution in [2.75, 3.05) is 64.7 Å². The molecule has 3 atom stereocenters. The number of aldehydes is 2. The van der Waals surface area contributed by atoms with Crippen molar-refractivity contribution in [1.29, 1.82) is 0 Å². The van der Waals surface area contributed by atoms with Gasteiger partial charge in [0.25, 0.3) is 0 Å². The molecule has 2 aliphatic rings. The number of benzene rings is 2. The summed E-state index contributed by atoms with van der Waals surface area (Å²) >= 11 is 0. The van der Waals surface area contributed by atoms with Gasteiger partial charge in [0.2, 0.25) is 0 Å². The summed E-state index contributed by atoms with van der Waals surface area (Å²) < 4.78 is 61.6. The number of methoxy groups -OCH3 is 1. The highest BCUT2D eigenvalue weighted by atomic mass is 19.3. The molecule has 2 aliphatic heterocycles. The molecular weight excluding hydrogens is 618 g/mol. The molecule has 1 unspecified atom stereocenters. The molecule has 47 heavy (non-hydrogen) atoms. The van der Waals surface area contributed by atoms with Gasteiger partial charge in [-0.15, -0.1) is 0 Å². The standard InChI is InChI=1S/C24H30F2N4O2.C8H6F2O2.C2H7N/c1-15-7-22(27-23(8-15)30-14-17-9-18(30)13-28(17)2)29(3)12-16(5-6-31)24-20(25)10-19(32-4)11-21(24)26;9-8(10)12-7-3-1-6(5-11)2-4-7;1-3-2/h6-8,10-11,16-18H,5,9,12-14H2,1-4H3;1-5,8H;3H,1-2H3/t16?,17-,18-;;/m0../s1. The van der Waals surface area contributed by atoms with Crippen molar-refractivity contribution in [3.05, 3.63) is 76.9 Å². The molecule has 1 aromatic heterocycles. The van der Waals surface area contributed by atoms with Crippen LogP contribution in [0.1, 0.15) is 40.2 Å². The molecule has 3 aromatic rings. The molecule has 0 amide bonds. The number of aryl methyl sites for hydroxylation is 1. The van der Waals surface area contributed by atoms with Gasteiger partial charge in [-0.3, -0.25) is 9.69 Å². The number of pyridine rings is 1. The quantitative estimate of drug-likeness (QED) is 0.217. The third-order valence-corrected chi connectivity index (χ3v) is 7.96. The van der Waals surface area contributed by atoms with E-state index in [2.05, 4.69) is 33.0 Å². The fraction of sp³-hybridized carbons (Fsp3) is 0.441. The number of likely N-dealkylation sites (tertiary alicyclic amines) is 1. The average Bonchev–Trinajstić information content (AvgIpc) is 3.61. The molecule has 0 radical (unpaired) electrons. The van der Waals surface area contributed by atoms with Gasteiger partial charge in [0, 0.05) is 74.4 Å². The SMILES string of the molecule is CNC.COc1cc(F)c(C(CC=O)CN(C)c2cc(C)cc(N3C[C@@H]4C[C@H]3CN4C)n2)c(F)c1.O=Cc1ccc(OC(F)F)cc1. The molecule has 0 spiro atoms. The van der Waals surface area contributed by atoms with Crippen molar-refractivity contribution in [2.45, 2.75) is 44.4 Å². The van der Waals surface area contributed by atoms with Crippen LogP contribution in [0.15, 0.2) is 48.5 Å². The molecule has 1 N–H and O–H groups in total. The summed E-state index contributed by atoms with van der Waals surface area (Å²) in [6, 6.07) is 12.8. The first-order valence-corrected chi connectivity index (χ1v) is 15.2. The Morgan fingerprint density at radius 3 is 2.15 bits per heavy atom. The van der Waals surface area contributed by atoms with Crippen molar-refractivity contribution in [3.63, 3.8) is 0 Å². The predicted molar refractivity (Wildman–Crippen MR) is 174 cm³/mol. The lowest BCUT2D eigenvalue weighted by Crippen LogP contribution is -2.45. The molecule has 2 saturated heterocycles. The topological polar surface area (TPSA) is 87.2 Å².